The predicted molar refractivity (Wildman–Crippen MR) is 248 cm³/mol. The highest BCUT2D eigenvalue weighted by molar-refractivity contribution is 5.85. The van der Waals surface area contributed by atoms with Crippen LogP contribution < -0.4 is 0 Å². The average molecular weight is 862 g/mol. The van der Waals surface area contributed by atoms with Gasteiger partial charge in [-0.1, -0.05) is 104 Å². The van der Waals surface area contributed by atoms with Crippen molar-refractivity contribution in [1.29, 1.82) is 0 Å². The first-order valence-electron chi connectivity index (χ1n) is 25.3. The van der Waals surface area contributed by atoms with Crippen molar-refractivity contribution in [3.8, 4) is 11.3 Å². The maximum atomic E-state index is 15.6. The zero-order valence-corrected chi connectivity index (χ0v) is 40.3. The number of nitrogens with one attached hydrogen (secondary N) is 1. The number of benzene rings is 1. The van der Waals surface area contributed by atoms with Gasteiger partial charge in [0.15, 0.2) is 0 Å². The number of likely N-dealkylation sites (tertiary alicyclic amines) is 1. The molecule has 63 heavy (non-hydrogen) atoms. The number of carbonyl (C=O) groups is 3. The molecule has 8 heteroatoms. The van der Waals surface area contributed by atoms with Gasteiger partial charge in [0.2, 0.25) is 5.91 Å². The summed E-state index contributed by atoms with van der Waals surface area (Å²) in [4.78, 5) is 53.3. The number of hydrogen-bond acceptors (Lipinski definition) is 6. The normalized spacial score (nSPS) is 41.0. The third-order valence-corrected chi connectivity index (χ3v) is 20.8. The van der Waals surface area contributed by atoms with E-state index in [2.05, 4.69) is 89.2 Å². The van der Waals surface area contributed by atoms with Crippen molar-refractivity contribution in [2.75, 3.05) is 13.2 Å². The van der Waals surface area contributed by atoms with Crippen molar-refractivity contribution in [2.45, 2.75) is 171 Å². The highest BCUT2D eigenvalue weighted by atomic mass is 16.5. The lowest BCUT2D eigenvalue weighted by Crippen LogP contribution is -2.67. The average Bonchev–Trinajstić information content (AvgIpc) is 4.02. The number of carbonyl (C=O) groups excluding carboxylic acids is 3. The lowest BCUT2D eigenvalue weighted by Gasteiger charge is -2.73. The standard InChI is InChI=1S/C55H79N3O5/c1-11-12-31-62-47(59)38-32-39(50(38,4)5)48(60)63-44-24-25-52(8)42(51(44,6)7)23-26-54(10)43(52)21-20-37-45-36(34(2)3)22-27-55(45,29-28-53(37,54)9)49(61)58-30-16-19-41(58)46-56-33-40(57-46)35-17-14-13-15-18-35/h13-15,17-18,33,36-39,41-45H,2,11-12,16,19-32H2,1,3-10H3,(H,56,57)/t36-,37+,38+,39-,41-,42-,43+,44-,45+,52-,53+,54+,55-/m0/s1. The Bertz CT molecular complexity index is 2090. The molecule has 1 amide bonds. The van der Waals surface area contributed by atoms with Gasteiger partial charge in [-0.3, -0.25) is 14.4 Å². The summed E-state index contributed by atoms with van der Waals surface area (Å²) in [5.74, 6) is 2.64. The summed E-state index contributed by atoms with van der Waals surface area (Å²) in [5.41, 5.74) is 2.80. The monoisotopic (exact) mass is 862 g/mol. The van der Waals surface area contributed by atoms with Gasteiger partial charge in [0.25, 0.3) is 0 Å². The van der Waals surface area contributed by atoms with E-state index in [1.54, 1.807) is 0 Å². The highest BCUT2D eigenvalue weighted by Gasteiger charge is 2.72. The van der Waals surface area contributed by atoms with Crippen LogP contribution in [0.25, 0.3) is 11.3 Å². The molecule has 1 aromatic heterocycles. The Balaban J connectivity index is 0.931. The zero-order chi connectivity index (χ0) is 44.9. The summed E-state index contributed by atoms with van der Waals surface area (Å²) in [7, 11) is 0. The second kappa shape index (κ2) is 15.9. The molecule has 6 aliphatic carbocycles. The third-order valence-electron chi connectivity index (χ3n) is 20.8. The first-order valence-corrected chi connectivity index (χ1v) is 25.3. The van der Waals surface area contributed by atoms with E-state index in [1.807, 2.05) is 26.1 Å². The maximum absolute atomic E-state index is 15.6. The SMILES string of the molecule is C=C(C)[C@@H]1CC[C@]2(C(=O)N3CCC[C@H]3c3ncc(-c4ccccc4)[nH]3)CC[C@]3(C)[C@H](CC[C@@H]4[C@@]5(C)CC[C@H](OC(=O)[C@@H]6C[C@H](C(=O)OCCCC)C6(C)C)C(C)(C)[C@@H]5CC[C@]43C)[C@@H]12. The molecule has 0 radical (unpaired) electrons. The largest absolute Gasteiger partial charge is 0.465 e. The van der Waals surface area contributed by atoms with Crippen LogP contribution in [-0.2, 0) is 23.9 Å². The molecule has 1 aliphatic heterocycles. The van der Waals surface area contributed by atoms with E-state index in [-0.39, 0.29) is 63.0 Å². The molecule has 7 aliphatic rings. The van der Waals surface area contributed by atoms with Crippen LogP contribution in [0, 0.1) is 73.9 Å². The molecule has 2 heterocycles. The summed E-state index contributed by atoms with van der Waals surface area (Å²) in [6, 6.07) is 10.4. The number of amides is 1. The van der Waals surface area contributed by atoms with E-state index in [9.17, 15) is 9.59 Å². The van der Waals surface area contributed by atoms with Gasteiger partial charge in [-0.25, -0.2) is 4.98 Å². The summed E-state index contributed by atoms with van der Waals surface area (Å²) in [6.07, 6.45) is 16.8. The van der Waals surface area contributed by atoms with Crippen LogP contribution >= 0.6 is 0 Å². The van der Waals surface area contributed by atoms with Crippen LogP contribution in [0.4, 0.5) is 0 Å². The molecule has 0 spiro atoms. The lowest BCUT2D eigenvalue weighted by molar-refractivity contribution is -0.251. The molecule has 2 aromatic rings. The van der Waals surface area contributed by atoms with Crippen molar-refractivity contribution in [3.05, 3.63) is 54.5 Å². The van der Waals surface area contributed by atoms with E-state index in [0.29, 0.717) is 48.5 Å². The Hall–Kier alpha value is -3.42. The Morgan fingerprint density at radius 2 is 1.57 bits per heavy atom. The quantitative estimate of drug-likeness (QED) is 0.145. The van der Waals surface area contributed by atoms with Crippen molar-refractivity contribution in [2.24, 2.45) is 73.9 Å². The van der Waals surface area contributed by atoms with Crippen molar-refractivity contribution in [3.63, 3.8) is 0 Å². The number of aromatic nitrogens is 2. The summed E-state index contributed by atoms with van der Waals surface area (Å²) in [5, 5.41) is 0. The van der Waals surface area contributed by atoms with Gasteiger partial charge in [-0.2, -0.15) is 0 Å². The van der Waals surface area contributed by atoms with Gasteiger partial charge in [0.05, 0.1) is 41.8 Å². The second-order valence-electron chi connectivity index (χ2n) is 24.0. The molecule has 1 aromatic carbocycles. The Labute approximate surface area is 378 Å². The molecule has 1 saturated heterocycles. The van der Waals surface area contributed by atoms with Gasteiger partial charge in [-0.15, -0.1) is 0 Å². The molecular weight excluding hydrogens is 783 g/mol. The van der Waals surface area contributed by atoms with Gasteiger partial charge in [0.1, 0.15) is 11.9 Å². The summed E-state index contributed by atoms with van der Waals surface area (Å²) in [6.45, 7) is 27.0. The number of nitrogens with zero attached hydrogens (tertiary/aromatic N) is 2. The van der Waals surface area contributed by atoms with Gasteiger partial charge < -0.3 is 19.4 Å². The first-order chi connectivity index (χ1) is 29.8. The number of fused-ring (bicyclic) bond motifs is 7. The van der Waals surface area contributed by atoms with E-state index in [4.69, 9.17) is 14.5 Å². The van der Waals surface area contributed by atoms with E-state index >= 15 is 4.79 Å². The van der Waals surface area contributed by atoms with Gasteiger partial charge >= 0.3 is 11.9 Å². The van der Waals surface area contributed by atoms with Crippen LogP contribution in [-0.4, -0.2) is 52.0 Å². The van der Waals surface area contributed by atoms with E-state index in [0.717, 1.165) is 94.3 Å². The third kappa shape index (κ3) is 6.68. The molecule has 6 saturated carbocycles. The molecule has 1 N–H and O–H groups in total. The number of imidazole rings is 1. The fourth-order valence-electron chi connectivity index (χ4n) is 16.9. The van der Waals surface area contributed by atoms with Crippen LogP contribution in [0.15, 0.2) is 48.7 Å². The minimum Gasteiger partial charge on any atom is -0.465 e. The number of aromatic amines is 1. The molecule has 0 unspecified atom stereocenters. The zero-order valence-electron chi connectivity index (χ0n) is 40.3. The van der Waals surface area contributed by atoms with Crippen LogP contribution in [0.1, 0.15) is 170 Å². The summed E-state index contributed by atoms with van der Waals surface area (Å²) >= 11 is 0. The second-order valence-corrected chi connectivity index (χ2v) is 24.0. The number of H-pyrrole nitrogens is 1. The molecule has 0 bridgehead atoms. The van der Waals surface area contributed by atoms with E-state index < -0.39 is 5.41 Å². The number of hydrogen-bond donors (Lipinski definition) is 1. The van der Waals surface area contributed by atoms with Crippen LogP contribution in [0.5, 0.6) is 0 Å². The molecule has 344 valence electrons. The smallest absolute Gasteiger partial charge is 0.309 e. The fraction of sp³-hybridized carbons (Fsp3) is 0.745. The Morgan fingerprint density at radius 3 is 2.29 bits per heavy atom. The Morgan fingerprint density at radius 1 is 0.825 bits per heavy atom. The van der Waals surface area contributed by atoms with Crippen LogP contribution in [0.2, 0.25) is 0 Å². The number of unbranched alkanes of at least 4 members (excludes halogenated alkanes) is 1. The topological polar surface area (TPSA) is 102 Å². The number of esters is 2. The first kappa shape index (κ1) is 44.8. The Kier molecular flexibility index (Phi) is 11.3. The fourth-order valence-corrected chi connectivity index (χ4v) is 16.9. The lowest BCUT2D eigenvalue weighted by atomic mass is 9.32. The highest BCUT2D eigenvalue weighted by Crippen LogP contribution is 2.78. The number of ether oxygens (including phenoxy) is 2. The van der Waals surface area contributed by atoms with Gasteiger partial charge in [0, 0.05) is 12.0 Å². The van der Waals surface area contributed by atoms with Crippen molar-refractivity contribution < 1.29 is 23.9 Å². The molecular formula is C55H79N3O5. The van der Waals surface area contributed by atoms with E-state index in [1.165, 1.54) is 24.8 Å². The maximum Gasteiger partial charge on any atom is 0.309 e. The molecule has 9 rings (SSSR count). The molecule has 8 nitrogen and oxygen atoms in total. The van der Waals surface area contributed by atoms with Crippen LogP contribution in [0.3, 0.4) is 0 Å². The molecule has 7 fully saturated rings. The van der Waals surface area contributed by atoms with Crippen molar-refractivity contribution >= 4 is 17.8 Å². The van der Waals surface area contributed by atoms with Gasteiger partial charge in [-0.05, 0) is 154 Å². The minimum atomic E-state index is -0.471. The summed E-state index contributed by atoms with van der Waals surface area (Å²) < 4.78 is 12.2. The van der Waals surface area contributed by atoms with Crippen molar-refractivity contribution in [1.82, 2.24) is 14.9 Å². The minimum absolute atomic E-state index is 0.0142. The molecule has 13 atom stereocenters. The number of rotatable bonds is 10. The predicted octanol–water partition coefficient (Wildman–Crippen LogP) is 12.3. The number of allylic oxidation sites excluding steroid dienone is 1.